The van der Waals surface area contributed by atoms with Gasteiger partial charge >= 0.3 is 0 Å². The second-order valence-corrected chi connectivity index (χ2v) is 4.53. The van der Waals surface area contributed by atoms with Gasteiger partial charge in [0.1, 0.15) is 10.8 Å². The summed E-state index contributed by atoms with van der Waals surface area (Å²) in [7, 11) is 1.56. The molecule has 0 aliphatic heterocycles. The molecule has 0 bridgehead atoms. The first-order valence-electron chi connectivity index (χ1n) is 6.05. The standard InChI is InChI=1S/C13H18FN3OS/c1-3-7-17(8-11(18)16-2)10-6-4-5-9(14)12(10)13(15)19/h4-6H,3,7-8H2,1-2H3,(H2,15,19)(H,16,18). The van der Waals surface area contributed by atoms with E-state index >= 15 is 0 Å². The minimum atomic E-state index is -0.469. The first kappa shape index (κ1) is 15.4. The number of nitrogens with zero attached hydrogens (tertiary/aromatic N) is 1. The highest BCUT2D eigenvalue weighted by Gasteiger charge is 2.18. The number of likely N-dealkylation sites (N-methyl/N-ethyl adjacent to an activating group) is 1. The van der Waals surface area contributed by atoms with Crippen LogP contribution in [0.2, 0.25) is 0 Å². The molecule has 104 valence electrons. The fourth-order valence-corrected chi connectivity index (χ4v) is 2.03. The topological polar surface area (TPSA) is 58.4 Å². The molecule has 0 fully saturated rings. The molecular formula is C13H18FN3OS. The van der Waals surface area contributed by atoms with E-state index in [0.29, 0.717) is 12.2 Å². The zero-order valence-corrected chi connectivity index (χ0v) is 11.9. The van der Waals surface area contributed by atoms with E-state index in [1.807, 2.05) is 6.92 Å². The molecule has 19 heavy (non-hydrogen) atoms. The molecule has 0 atom stereocenters. The average molecular weight is 283 g/mol. The number of anilines is 1. The Kier molecular flexibility index (Phi) is 5.69. The van der Waals surface area contributed by atoms with Crippen LogP contribution < -0.4 is 16.0 Å². The lowest BCUT2D eigenvalue weighted by Crippen LogP contribution is -2.37. The average Bonchev–Trinajstić information content (AvgIpc) is 2.37. The van der Waals surface area contributed by atoms with Gasteiger partial charge in [-0.25, -0.2) is 4.39 Å². The van der Waals surface area contributed by atoms with Crippen LogP contribution in [0.5, 0.6) is 0 Å². The van der Waals surface area contributed by atoms with Crippen molar-refractivity contribution in [2.24, 2.45) is 5.73 Å². The van der Waals surface area contributed by atoms with Crippen molar-refractivity contribution in [1.29, 1.82) is 0 Å². The van der Waals surface area contributed by atoms with Crippen LogP contribution in [0, 0.1) is 5.82 Å². The number of nitrogens with two attached hydrogens (primary N) is 1. The monoisotopic (exact) mass is 283 g/mol. The molecule has 0 saturated carbocycles. The van der Waals surface area contributed by atoms with Gasteiger partial charge in [0, 0.05) is 13.6 Å². The van der Waals surface area contributed by atoms with E-state index in [1.165, 1.54) is 6.07 Å². The normalized spacial score (nSPS) is 10.1. The van der Waals surface area contributed by atoms with Crippen molar-refractivity contribution in [3.63, 3.8) is 0 Å². The molecule has 0 heterocycles. The Hall–Kier alpha value is -1.69. The molecule has 0 radical (unpaired) electrons. The fraction of sp³-hybridized carbons (Fsp3) is 0.385. The number of halogens is 1. The van der Waals surface area contributed by atoms with E-state index in [1.54, 1.807) is 24.1 Å². The molecule has 0 aliphatic rings. The summed E-state index contributed by atoms with van der Waals surface area (Å²) >= 11 is 4.89. The van der Waals surface area contributed by atoms with Crippen LogP contribution in [-0.2, 0) is 4.79 Å². The van der Waals surface area contributed by atoms with Crippen LogP contribution in [0.1, 0.15) is 18.9 Å². The molecule has 0 unspecified atom stereocenters. The maximum absolute atomic E-state index is 13.8. The van der Waals surface area contributed by atoms with E-state index in [9.17, 15) is 9.18 Å². The summed E-state index contributed by atoms with van der Waals surface area (Å²) in [4.78, 5) is 13.3. The summed E-state index contributed by atoms with van der Waals surface area (Å²) in [6, 6.07) is 4.61. The summed E-state index contributed by atoms with van der Waals surface area (Å²) in [5, 5.41) is 2.55. The Morgan fingerprint density at radius 2 is 2.21 bits per heavy atom. The third-order valence-corrected chi connectivity index (χ3v) is 2.89. The number of amides is 1. The summed E-state index contributed by atoms with van der Waals surface area (Å²) in [5.41, 5.74) is 6.32. The Balaban J connectivity index is 3.18. The SMILES string of the molecule is CCCN(CC(=O)NC)c1cccc(F)c1C(N)=S. The van der Waals surface area contributed by atoms with Gasteiger partial charge < -0.3 is 16.0 Å². The third kappa shape index (κ3) is 3.89. The Labute approximate surface area is 117 Å². The molecule has 1 aromatic rings. The fourth-order valence-electron chi connectivity index (χ4n) is 1.83. The van der Waals surface area contributed by atoms with Gasteiger partial charge in [0.05, 0.1) is 17.8 Å². The number of carbonyl (C=O) groups excluding carboxylic acids is 1. The first-order valence-corrected chi connectivity index (χ1v) is 6.45. The summed E-state index contributed by atoms with van der Waals surface area (Å²) in [6.45, 7) is 2.74. The number of hydrogen-bond acceptors (Lipinski definition) is 3. The lowest BCUT2D eigenvalue weighted by Gasteiger charge is -2.25. The van der Waals surface area contributed by atoms with E-state index < -0.39 is 5.82 Å². The Bertz CT molecular complexity index is 479. The Morgan fingerprint density at radius 3 is 2.74 bits per heavy atom. The molecular weight excluding hydrogens is 265 g/mol. The van der Waals surface area contributed by atoms with Crippen molar-refractivity contribution in [1.82, 2.24) is 5.32 Å². The lowest BCUT2D eigenvalue weighted by atomic mass is 10.1. The molecule has 0 aromatic heterocycles. The maximum atomic E-state index is 13.8. The molecule has 1 aromatic carbocycles. The van der Waals surface area contributed by atoms with Gasteiger partial charge in [-0.05, 0) is 18.6 Å². The van der Waals surface area contributed by atoms with Crippen LogP contribution in [0.15, 0.2) is 18.2 Å². The number of thiocarbonyl (C=S) groups is 1. The summed E-state index contributed by atoms with van der Waals surface area (Å²) in [5.74, 6) is -0.616. The number of benzene rings is 1. The number of hydrogen-bond donors (Lipinski definition) is 2. The van der Waals surface area contributed by atoms with Crippen LogP contribution >= 0.6 is 12.2 Å². The molecule has 1 amide bonds. The van der Waals surface area contributed by atoms with Gasteiger partial charge in [0.25, 0.3) is 0 Å². The molecule has 3 N–H and O–H groups in total. The minimum Gasteiger partial charge on any atom is -0.389 e. The van der Waals surface area contributed by atoms with E-state index in [-0.39, 0.29) is 23.0 Å². The van der Waals surface area contributed by atoms with Crippen molar-refractivity contribution in [3.8, 4) is 0 Å². The van der Waals surface area contributed by atoms with Gasteiger partial charge in [-0.3, -0.25) is 4.79 Å². The molecule has 1 rings (SSSR count). The van der Waals surface area contributed by atoms with Gasteiger partial charge in [-0.2, -0.15) is 0 Å². The van der Waals surface area contributed by atoms with Gasteiger partial charge in [-0.15, -0.1) is 0 Å². The Morgan fingerprint density at radius 1 is 1.53 bits per heavy atom. The van der Waals surface area contributed by atoms with E-state index in [4.69, 9.17) is 18.0 Å². The van der Waals surface area contributed by atoms with Crippen molar-refractivity contribution in [3.05, 3.63) is 29.6 Å². The van der Waals surface area contributed by atoms with E-state index in [0.717, 1.165) is 6.42 Å². The highest BCUT2D eigenvalue weighted by atomic mass is 32.1. The second kappa shape index (κ2) is 7.04. The highest BCUT2D eigenvalue weighted by Crippen LogP contribution is 2.23. The lowest BCUT2D eigenvalue weighted by molar-refractivity contribution is -0.119. The predicted molar refractivity (Wildman–Crippen MR) is 78.9 cm³/mol. The van der Waals surface area contributed by atoms with Crippen LogP contribution in [0.25, 0.3) is 0 Å². The number of carbonyl (C=O) groups is 1. The molecule has 0 saturated heterocycles. The van der Waals surface area contributed by atoms with Crippen molar-refractivity contribution < 1.29 is 9.18 Å². The summed E-state index contributed by atoms with van der Waals surface area (Å²) in [6.07, 6.45) is 0.824. The van der Waals surface area contributed by atoms with E-state index in [2.05, 4.69) is 5.32 Å². The maximum Gasteiger partial charge on any atom is 0.239 e. The van der Waals surface area contributed by atoms with Crippen LogP contribution in [-0.4, -0.2) is 31.0 Å². The van der Waals surface area contributed by atoms with Crippen LogP contribution in [0.4, 0.5) is 10.1 Å². The predicted octanol–water partition coefficient (Wildman–Crippen LogP) is 1.42. The second-order valence-electron chi connectivity index (χ2n) is 4.09. The molecule has 4 nitrogen and oxygen atoms in total. The first-order chi connectivity index (χ1) is 9.01. The molecule has 6 heteroatoms. The van der Waals surface area contributed by atoms with Crippen LogP contribution in [0.3, 0.4) is 0 Å². The van der Waals surface area contributed by atoms with Gasteiger partial charge in [0.2, 0.25) is 5.91 Å². The zero-order valence-electron chi connectivity index (χ0n) is 11.1. The van der Waals surface area contributed by atoms with Gasteiger partial charge in [-0.1, -0.05) is 25.2 Å². The molecule has 0 spiro atoms. The highest BCUT2D eigenvalue weighted by molar-refractivity contribution is 7.80. The third-order valence-electron chi connectivity index (χ3n) is 2.69. The smallest absolute Gasteiger partial charge is 0.239 e. The minimum absolute atomic E-state index is 0.00823. The van der Waals surface area contributed by atoms with Crippen molar-refractivity contribution >= 4 is 28.8 Å². The largest absolute Gasteiger partial charge is 0.389 e. The number of rotatable bonds is 6. The molecule has 0 aliphatic carbocycles. The number of nitrogens with one attached hydrogen (secondary N) is 1. The zero-order chi connectivity index (χ0) is 14.4. The van der Waals surface area contributed by atoms with Gasteiger partial charge in [0.15, 0.2) is 0 Å². The van der Waals surface area contributed by atoms with Crippen molar-refractivity contribution in [2.45, 2.75) is 13.3 Å². The van der Waals surface area contributed by atoms with Crippen molar-refractivity contribution in [2.75, 3.05) is 25.0 Å². The quantitative estimate of drug-likeness (QED) is 0.775. The summed E-state index contributed by atoms with van der Waals surface area (Å²) < 4.78 is 13.8.